The third-order valence-corrected chi connectivity index (χ3v) is 2.61. The van der Waals surface area contributed by atoms with Crippen LogP contribution >= 0.6 is 0 Å². The molecule has 1 N–H and O–H groups in total. The highest BCUT2D eigenvalue weighted by atomic mass is 19.1. The Morgan fingerprint density at radius 3 is 3.00 bits per heavy atom. The number of benzene rings is 1. The molecule has 0 saturated carbocycles. The molecule has 1 aromatic rings. The Kier molecular flexibility index (Phi) is 2.79. The van der Waals surface area contributed by atoms with Crippen LogP contribution in [0.25, 0.3) is 0 Å². The Morgan fingerprint density at radius 2 is 2.36 bits per heavy atom. The van der Waals surface area contributed by atoms with Gasteiger partial charge >= 0.3 is 0 Å². The number of halogens is 1. The summed E-state index contributed by atoms with van der Waals surface area (Å²) in [4.78, 5) is 0. The van der Waals surface area contributed by atoms with Gasteiger partial charge < -0.3 is 0 Å². The van der Waals surface area contributed by atoms with Crippen LogP contribution in [-0.2, 0) is 6.54 Å². The van der Waals surface area contributed by atoms with Crippen LogP contribution in [-0.4, -0.2) is 18.1 Å². The minimum absolute atomic E-state index is 0.152. The molecule has 2 nitrogen and oxygen atoms in total. The molecule has 2 rings (SSSR count). The van der Waals surface area contributed by atoms with E-state index in [1.54, 1.807) is 6.07 Å². The number of aryl methyl sites for hydroxylation is 1. The molecule has 0 radical (unpaired) electrons. The number of rotatable bonds is 2. The average Bonchev–Trinajstić information content (AvgIpc) is 2.62. The monoisotopic (exact) mass is 194 g/mol. The lowest BCUT2D eigenvalue weighted by molar-refractivity contribution is 0.244. The largest absolute Gasteiger partial charge is 0.255 e. The molecule has 1 aromatic carbocycles. The van der Waals surface area contributed by atoms with Gasteiger partial charge in [-0.05, 0) is 36.6 Å². The Bertz CT molecular complexity index is 319. The van der Waals surface area contributed by atoms with Crippen LogP contribution in [0.5, 0.6) is 0 Å². The lowest BCUT2D eigenvalue weighted by Crippen LogP contribution is -2.30. The quantitative estimate of drug-likeness (QED) is 0.773. The molecule has 0 aliphatic carbocycles. The second-order valence-electron chi connectivity index (χ2n) is 3.75. The van der Waals surface area contributed by atoms with Crippen LogP contribution in [0, 0.1) is 12.7 Å². The number of nitrogens with one attached hydrogen (secondary N) is 1. The van der Waals surface area contributed by atoms with Crippen molar-refractivity contribution in [3.8, 4) is 0 Å². The van der Waals surface area contributed by atoms with Gasteiger partial charge in [0.2, 0.25) is 0 Å². The lowest BCUT2D eigenvalue weighted by atomic mass is 10.1. The van der Waals surface area contributed by atoms with Gasteiger partial charge in [-0.25, -0.2) is 9.40 Å². The van der Waals surface area contributed by atoms with Crippen LogP contribution in [0.15, 0.2) is 18.2 Å². The van der Waals surface area contributed by atoms with Gasteiger partial charge in [0.25, 0.3) is 0 Å². The maximum absolute atomic E-state index is 12.8. The zero-order valence-corrected chi connectivity index (χ0v) is 8.39. The molecule has 1 saturated heterocycles. The molecule has 0 atom stereocenters. The fourth-order valence-corrected chi connectivity index (χ4v) is 1.76. The molecule has 14 heavy (non-hydrogen) atoms. The number of hydrogen-bond donors (Lipinski definition) is 1. The minimum Gasteiger partial charge on any atom is -0.255 e. The van der Waals surface area contributed by atoms with Crippen LogP contribution in [0.3, 0.4) is 0 Å². The van der Waals surface area contributed by atoms with Gasteiger partial charge in [0.1, 0.15) is 5.82 Å². The maximum Gasteiger partial charge on any atom is 0.123 e. The third kappa shape index (κ3) is 2.11. The highest BCUT2D eigenvalue weighted by molar-refractivity contribution is 5.26. The topological polar surface area (TPSA) is 15.3 Å². The molecule has 0 bridgehead atoms. The SMILES string of the molecule is Cc1cc(F)ccc1CN1CCCN1. The van der Waals surface area contributed by atoms with Gasteiger partial charge in [-0.1, -0.05) is 6.07 Å². The van der Waals surface area contributed by atoms with Crippen molar-refractivity contribution >= 4 is 0 Å². The normalized spacial score (nSPS) is 17.6. The molecule has 1 heterocycles. The van der Waals surface area contributed by atoms with Crippen LogP contribution in [0.1, 0.15) is 17.5 Å². The van der Waals surface area contributed by atoms with Crippen molar-refractivity contribution < 1.29 is 4.39 Å². The highest BCUT2D eigenvalue weighted by Gasteiger charge is 2.11. The van der Waals surface area contributed by atoms with Crippen LogP contribution in [0.4, 0.5) is 4.39 Å². The summed E-state index contributed by atoms with van der Waals surface area (Å²) >= 11 is 0. The summed E-state index contributed by atoms with van der Waals surface area (Å²) in [6.07, 6.45) is 1.19. The van der Waals surface area contributed by atoms with E-state index in [-0.39, 0.29) is 5.82 Å². The first kappa shape index (κ1) is 9.62. The van der Waals surface area contributed by atoms with Crippen molar-refractivity contribution in [2.45, 2.75) is 19.9 Å². The fraction of sp³-hybridized carbons (Fsp3) is 0.455. The molecule has 1 aliphatic heterocycles. The summed E-state index contributed by atoms with van der Waals surface area (Å²) in [5, 5.41) is 2.18. The van der Waals surface area contributed by atoms with E-state index >= 15 is 0 Å². The molecular formula is C11H15FN2. The fourth-order valence-electron chi connectivity index (χ4n) is 1.76. The highest BCUT2D eigenvalue weighted by Crippen LogP contribution is 2.13. The first-order valence-corrected chi connectivity index (χ1v) is 4.99. The number of nitrogens with zero attached hydrogens (tertiary/aromatic N) is 1. The first-order chi connectivity index (χ1) is 6.75. The predicted molar refractivity (Wildman–Crippen MR) is 54.2 cm³/mol. The molecular weight excluding hydrogens is 179 g/mol. The maximum atomic E-state index is 12.8. The molecule has 3 heteroatoms. The van der Waals surface area contributed by atoms with Crippen molar-refractivity contribution in [1.29, 1.82) is 0 Å². The van der Waals surface area contributed by atoms with Crippen LogP contribution < -0.4 is 5.43 Å². The third-order valence-electron chi connectivity index (χ3n) is 2.61. The summed E-state index contributed by atoms with van der Waals surface area (Å²) in [7, 11) is 0. The van der Waals surface area contributed by atoms with Crippen molar-refractivity contribution in [3.63, 3.8) is 0 Å². The second-order valence-corrected chi connectivity index (χ2v) is 3.75. The Morgan fingerprint density at radius 1 is 1.50 bits per heavy atom. The standard InChI is InChI=1S/C11H15FN2/c1-9-7-11(12)4-3-10(9)8-14-6-2-5-13-14/h3-4,7,13H,2,5-6,8H2,1H3. The molecule has 1 fully saturated rings. The summed E-state index contributed by atoms with van der Waals surface area (Å²) in [6.45, 7) is 4.96. The van der Waals surface area contributed by atoms with Crippen molar-refractivity contribution in [2.75, 3.05) is 13.1 Å². The smallest absolute Gasteiger partial charge is 0.123 e. The van der Waals surface area contributed by atoms with Crippen LogP contribution in [0.2, 0.25) is 0 Å². The molecule has 0 amide bonds. The minimum atomic E-state index is -0.152. The van der Waals surface area contributed by atoms with Gasteiger partial charge in [0.15, 0.2) is 0 Å². The summed E-state index contributed by atoms with van der Waals surface area (Å²) < 4.78 is 12.8. The summed E-state index contributed by atoms with van der Waals surface area (Å²) in [5.74, 6) is -0.152. The average molecular weight is 194 g/mol. The zero-order valence-electron chi connectivity index (χ0n) is 8.39. The zero-order chi connectivity index (χ0) is 9.97. The van der Waals surface area contributed by atoms with Crippen molar-refractivity contribution in [3.05, 3.63) is 35.1 Å². The molecule has 0 spiro atoms. The lowest BCUT2D eigenvalue weighted by Gasteiger charge is -2.16. The van der Waals surface area contributed by atoms with Gasteiger partial charge in [0, 0.05) is 19.6 Å². The number of hydrogen-bond acceptors (Lipinski definition) is 2. The second kappa shape index (κ2) is 4.07. The Labute approximate surface area is 83.7 Å². The van der Waals surface area contributed by atoms with Crippen molar-refractivity contribution in [2.24, 2.45) is 0 Å². The summed E-state index contributed by atoms with van der Waals surface area (Å²) in [6, 6.07) is 4.98. The molecule has 0 aromatic heterocycles. The van der Waals surface area contributed by atoms with E-state index in [9.17, 15) is 4.39 Å². The molecule has 1 aliphatic rings. The molecule has 76 valence electrons. The van der Waals surface area contributed by atoms with E-state index in [4.69, 9.17) is 0 Å². The van der Waals surface area contributed by atoms with E-state index in [0.717, 1.165) is 25.2 Å². The predicted octanol–water partition coefficient (Wildman–Crippen LogP) is 1.84. The van der Waals surface area contributed by atoms with E-state index in [2.05, 4.69) is 10.4 Å². The van der Waals surface area contributed by atoms with E-state index in [1.807, 2.05) is 13.0 Å². The van der Waals surface area contributed by atoms with E-state index in [1.165, 1.54) is 18.1 Å². The number of hydrazine groups is 1. The van der Waals surface area contributed by atoms with E-state index < -0.39 is 0 Å². The van der Waals surface area contributed by atoms with Gasteiger partial charge in [-0.2, -0.15) is 0 Å². The van der Waals surface area contributed by atoms with Crippen molar-refractivity contribution in [1.82, 2.24) is 10.4 Å². The summed E-state index contributed by atoms with van der Waals surface area (Å²) in [5.41, 5.74) is 5.51. The Hall–Kier alpha value is -0.930. The van der Waals surface area contributed by atoms with Gasteiger partial charge in [-0.15, -0.1) is 0 Å². The van der Waals surface area contributed by atoms with E-state index in [0.29, 0.717) is 0 Å². The Balaban J connectivity index is 2.08. The molecule has 0 unspecified atom stereocenters. The first-order valence-electron chi connectivity index (χ1n) is 4.99. The van der Waals surface area contributed by atoms with Gasteiger partial charge in [-0.3, -0.25) is 5.43 Å². The van der Waals surface area contributed by atoms with Gasteiger partial charge in [0.05, 0.1) is 0 Å².